The Bertz CT molecular complexity index is 1310. The highest BCUT2D eigenvalue weighted by molar-refractivity contribution is 7.92. The summed E-state index contributed by atoms with van der Waals surface area (Å²) in [6.45, 7) is 2.14. The number of benzene rings is 3. The Balaban J connectivity index is 1.56. The van der Waals surface area contributed by atoms with Crippen LogP contribution < -0.4 is 14.5 Å². The van der Waals surface area contributed by atoms with Crippen molar-refractivity contribution in [3.63, 3.8) is 0 Å². The first-order valence-electron chi connectivity index (χ1n) is 10.8. The topological polar surface area (TPSA) is 86.8 Å². The van der Waals surface area contributed by atoms with Gasteiger partial charge in [-0.05, 0) is 73.5 Å². The molecule has 2 amide bonds. The maximum atomic E-state index is 13.4. The Morgan fingerprint density at radius 1 is 1.06 bits per heavy atom. The van der Waals surface area contributed by atoms with Gasteiger partial charge in [-0.25, -0.2) is 8.42 Å². The van der Waals surface area contributed by atoms with E-state index in [1.807, 2.05) is 6.92 Å². The molecule has 1 saturated heterocycles. The van der Waals surface area contributed by atoms with Crippen molar-refractivity contribution >= 4 is 50.5 Å². The van der Waals surface area contributed by atoms with Gasteiger partial charge in [0.25, 0.3) is 10.0 Å². The number of hydrogen-bond donors (Lipinski definition) is 1. The minimum Gasteiger partial charge on any atom is -0.325 e. The number of para-hydroxylation sites is 1. The van der Waals surface area contributed by atoms with E-state index in [1.165, 1.54) is 24.3 Å². The summed E-state index contributed by atoms with van der Waals surface area (Å²) in [4.78, 5) is 26.8. The van der Waals surface area contributed by atoms with Gasteiger partial charge in [-0.1, -0.05) is 29.8 Å². The summed E-state index contributed by atoms with van der Waals surface area (Å²) in [5.74, 6) is -0.406. The van der Waals surface area contributed by atoms with Crippen LogP contribution in [0, 0.1) is 6.92 Å². The molecule has 3 aromatic rings. The van der Waals surface area contributed by atoms with Gasteiger partial charge in [0.2, 0.25) is 11.8 Å². The van der Waals surface area contributed by atoms with E-state index in [-0.39, 0.29) is 10.8 Å². The van der Waals surface area contributed by atoms with Gasteiger partial charge in [0.05, 0.1) is 10.6 Å². The van der Waals surface area contributed by atoms with E-state index in [1.54, 1.807) is 53.4 Å². The number of nitrogens with zero attached hydrogens (tertiary/aromatic N) is 2. The van der Waals surface area contributed by atoms with Gasteiger partial charge in [-0.3, -0.25) is 13.9 Å². The molecular weight excluding hydrogens is 474 g/mol. The minimum absolute atomic E-state index is 0.0315. The highest BCUT2D eigenvalue weighted by Gasteiger charge is 2.27. The van der Waals surface area contributed by atoms with E-state index in [2.05, 4.69) is 5.32 Å². The van der Waals surface area contributed by atoms with Gasteiger partial charge >= 0.3 is 0 Å². The Morgan fingerprint density at radius 2 is 1.76 bits per heavy atom. The SMILES string of the molecule is Cc1cc(NC(=O)CN(c2ccccc2)S(=O)(=O)c2ccc(Cl)cc2)ccc1N1CCCC1=O. The zero-order chi connectivity index (χ0) is 24.3. The number of rotatable bonds is 7. The van der Waals surface area contributed by atoms with Gasteiger partial charge in [0, 0.05) is 29.4 Å². The van der Waals surface area contributed by atoms with E-state index in [4.69, 9.17) is 11.6 Å². The molecule has 0 unspecified atom stereocenters. The highest BCUT2D eigenvalue weighted by atomic mass is 35.5. The first-order valence-corrected chi connectivity index (χ1v) is 12.6. The summed E-state index contributed by atoms with van der Waals surface area (Å²) in [6, 6.07) is 19.5. The maximum Gasteiger partial charge on any atom is 0.264 e. The molecule has 0 atom stereocenters. The number of carbonyl (C=O) groups excluding carboxylic acids is 2. The van der Waals surface area contributed by atoms with Crippen LogP contribution in [0.25, 0.3) is 0 Å². The molecule has 0 radical (unpaired) electrons. The number of halogens is 1. The van der Waals surface area contributed by atoms with E-state index in [9.17, 15) is 18.0 Å². The van der Waals surface area contributed by atoms with Gasteiger partial charge in [-0.2, -0.15) is 0 Å². The third-order valence-electron chi connectivity index (χ3n) is 5.58. The Morgan fingerprint density at radius 3 is 2.38 bits per heavy atom. The molecule has 1 fully saturated rings. The Kier molecular flexibility index (Phi) is 6.90. The van der Waals surface area contributed by atoms with Crippen molar-refractivity contribution in [3.8, 4) is 0 Å². The third kappa shape index (κ3) is 5.08. The van der Waals surface area contributed by atoms with E-state index >= 15 is 0 Å². The zero-order valence-electron chi connectivity index (χ0n) is 18.6. The number of hydrogen-bond acceptors (Lipinski definition) is 4. The van der Waals surface area contributed by atoms with Crippen LogP contribution in [0.15, 0.2) is 77.7 Å². The predicted molar refractivity (Wildman–Crippen MR) is 134 cm³/mol. The molecule has 0 bridgehead atoms. The lowest BCUT2D eigenvalue weighted by Gasteiger charge is -2.24. The molecule has 0 spiro atoms. The second-order valence-corrected chi connectivity index (χ2v) is 10.3. The summed E-state index contributed by atoms with van der Waals surface area (Å²) >= 11 is 5.91. The Hall–Kier alpha value is -3.36. The highest BCUT2D eigenvalue weighted by Crippen LogP contribution is 2.28. The lowest BCUT2D eigenvalue weighted by Crippen LogP contribution is -2.38. The fourth-order valence-corrected chi connectivity index (χ4v) is 5.46. The third-order valence-corrected chi connectivity index (χ3v) is 7.62. The molecule has 1 aliphatic heterocycles. The van der Waals surface area contributed by atoms with Crippen molar-refractivity contribution < 1.29 is 18.0 Å². The normalized spacial score (nSPS) is 13.7. The molecule has 0 saturated carbocycles. The predicted octanol–water partition coefficient (Wildman–Crippen LogP) is 4.61. The summed E-state index contributed by atoms with van der Waals surface area (Å²) in [5, 5.41) is 3.19. The molecule has 7 nitrogen and oxygen atoms in total. The average Bonchev–Trinajstić information content (AvgIpc) is 3.24. The second kappa shape index (κ2) is 9.87. The van der Waals surface area contributed by atoms with Crippen LogP contribution >= 0.6 is 11.6 Å². The van der Waals surface area contributed by atoms with Crippen LogP contribution in [0.5, 0.6) is 0 Å². The van der Waals surface area contributed by atoms with Crippen molar-refractivity contribution in [3.05, 3.63) is 83.4 Å². The summed E-state index contributed by atoms with van der Waals surface area (Å²) in [6.07, 6.45) is 1.36. The number of amides is 2. The molecule has 0 aromatic heterocycles. The van der Waals surface area contributed by atoms with Crippen LogP contribution in [0.1, 0.15) is 18.4 Å². The molecule has 0 aliphatic carbocycles. The smallest absolute Gasteiger partial charge is 0.264 e. The number of sulfonamides is 1. The lowest BCUT2D eigenvalue weighted by atomic mass is 10.1. The van der Waals surface area contributed by atoms with Crippen molar-refractivity contribution in [1.29, 1.82) is 0 Å². The fraction of sp³-hybridized carbons (Fsp3) is 0.200. The molecule has 176 valence electrons. The number of aryl methyl sites for hydroxylation is 1. The first-order chi connectivity index (χ1) is 16.3. The fourth-order valence-electron chi connectivity index (χ4n) is 3.91. The quantitative estimate of drug-likeness (QED) is 0.516. The van der Waals surface area contributed by atoms with Crippen molar-refractivity contribution in [2.75, 3.05) is 27.6 Å². The summed E-state index contributed by atoms with van der Waals surface area (Å²) in [5.41, 5.74) is 2.56. The van der Waals surface area contributed by atoms with E-state index in [0.717, 1.165) is 22.0 Å². The van der Waals surface area contributed by atoms with Crippen molar-refractivity contribution in [2.24, 2.45) is 0 Å². The Labute approximate surface area is 204 Å². The molecule has 34 heavy (non-hydrogen) atoms. The van der Waals surface area contributed by atoms with Crippen molar-refractivity contribution in [1.82, 2.24) is 0 Å². The monoisotopic (exact) mass is 497 g/mol. The van der Waals surface area contributed by atoms with Crippen LogP contribution in [-0.2, 0) is 19.6 Å². The largest absolute Gasteiger partial charge is 0.325 e. The second-order valence-electron chi connectivity index (χ2n) is 8.00. The number of carbonyl (C=O) groups is 2. The molecule has 1 aliphatic rings. The standard InChI is InChI=1S/C25H24ClN3O4S/c1-18-16-20(11-14-23(18)28-15-5-8-25(28)31)27-24(30)17-29(21-6-3-2-4-7-21)34(32,33)22-12-9-19(26)10-13-22/h2-4,6-7,9-14,16H,5,8,15,17H2,1H3,(H,27,30). The number of nitrogens with one attached hydrogen (secondary N) is 1. The van der Waals surface area contributed by atoms with Gasteiger partial charge in [0.15, 0.2) is 0 Å². The summed E-state index contributed by atoms with van der Waals surface area (Å²) < 4.78 is 27.8. The molecule has 9 heteroatoms. The van der Waals surface area contributed by atoms with E-state index in [0.29, 0.717) is 29.4 Å². The zero-order valence-corrected chi connectivity index (χ0v) is 20.1. The number of anilines is 3. The first kappa shape index (κ1) is 23.8. The molecule has 4 rings (SSSR count). The van der Waals surface area contributed by atoms with Gasteiger partial charge < -0.3 is 10.2 Å². The van der Waals surface area contributed by atoms with Crippen molar-refractivity contribution in [2.45, 2.75) is 24.7 Å². The summed E-state index contributed by atoms with van der Waals surface area (Å²) in [7, 11) is -4.02. The van der Waals surface area contributed by atoms with Gasteiger partial charge in [-0.15, -0.1) is 0 Å². The molecule has 3 aromatic carbocycles. The van der Waals surface area contributed by atoms with Crippen LogP contribution in [0.3, 0.4) is 0 Å². The van der Waals surface area contributed by atoms with Gasteiger partial charge in [0.1, 0.15) is 6.54 Å². The minimum atomic E-state index is -4.02. The average molecular weight is 498 g/mol. The molecule has 1 heterocycles. The van der Waals surface area contributed by atoms with E-state index < -0.39 is 22.5 Å². The van der Waals surface area contributed by atoms with Crippen LogP contribution in [0.2, 0.25) is 5.02 Å². The van der Waals surface area contributed by atoms with Crippen LogP contribution in [0.4, 0.5) is 17.1 Å². The lowest BCUT2D eigenvalue weighted by molar-refractivity contribution is -0.117. The molecule has 1 N–H and O–H groups in total. The van der Waals surface area contributed by atoms with Crippen LogP contribution in [-0.4, -0.2) is 33.3 Å². The maximum absolute atomic E-state index is 13.4. The molecular formula is C25H24ClN3O4S.